The lowest BCUT2D eigenvalue weighted by molar-refractivity contribution is -0.138. The first kappa shape index (κ1) is 14.8. The van der Waals surface area contributed by atoms with Crippen molar-refractivity contribution in [1.29, 1.82) is 0 Å². The molecule has 0 bridgehead atoms. The van der Waals surface area contributed by atoms with Crippen molar-refractivity contribution in [1.82, 2.24) is 0 Å². The summed E-state index contributed by atoms with van der Waals surface area (Å²) in [6.45, 7) is 2.04. The molecule has 4 nitrogen and oxygen atoms in total. The standard InChI is InChI=1S/C13H18BrNO3/c1-3-4-5-11(13(16)17)15-9-6-7-10(14)12(8-9)18-2/h6-8,11,15H,3-5H2,1-2H3,(H,16,17). The molecule has 5 heteroatoms. The molecule has 0 aliphatic carbocycles. The number of anilines is 1. The van der Waals surface area contributed by atoms with Gasteiger partial charge in [0.15, 0.2) is 0 Å². The Morgan fingerprint density at radius 1 is 1.56 bits per heavy atom. The zero-order chi connectivity index (χ0) is 13.5. The van der Waals surface area contributed by atoms with Crippen LogP contribution in [0.4, 0.5) is 5.69 Å². The molecular weight excluding hydrogens is 298 g/mol. The molecule has 0 radical (unpaired) electrons. The molecule has 1 unspecified atom stereocenters. The van der Waals surface area contributed by atoms with E-state index in [2.05, 4.69) is 21.2 Å². The molecule has 18 heavy (non-hydrogen) atoms. The van der Waals surface area contributed by atoms with E-state index in [1.807, 2.05) is 19.1 Å². The van der Waals surface area contributed by atoms with Gasteiger partial charge in [0.25, 0.3) is 0 Å². The van der Waals surface area contributed by atoms with Crippen LogP contribution in [0.15, 0.2) is 22.7 Å². The van der Waals surface area contributed by atoms with Gasteiger partial charge in [-0.05, 0) is 34.5 Å². The maximum atomic E-state index is 11.1. The van der Waals surface area contributed by atoms with Gasteiger partial charge >= 0.3 is 5.97 Å². The molecule has 0 aliphatic rings. The molecule has 0 aromatic heterocycles. The Morgan fingerprint density at radius 2 is 2.28 bits per heavy atom. The van der Waals surface area contributed by atoms with Gasteiger partial charge in [0.1, 0.15) is 11.8 Å². The number of unbranched alkanes of at least 4 members (excludes halogenated alkanes) is 1. The lowest BCUT2D eigenvalue weighted by Gasteiger charge is -2.16. The Hall–Kier alpha value is -1.23. The first-order chi connectivity index (χ1) is 8.58. The number of halogens is 1. The number of benzene rings is 1. The van der Waals surface area contributed by atoms with Crippen molar-refractivity contribution in [2.45, 2.75) is 32.2 Å². The molecule has 0 aliphatic heterocycles. The van der Waals surface area contributed by atoms with Crippen LogP contribution in [0.5, 0.6) is 5.75 Å². The molecule has 1 atom stereocenters. The topological polar surface area (TPSA) is 58.6 Å². The van der Waals surface area contributed by atoms with Gasteiger partial charge in [0.05, 0.1) is 11.6 Å². The number of carboxylic acids is 1. The van der Waals surface area contributed by atoms with Crippen LogP contribution in [0.25, 0.3) is 0 Å². The van der Waals surface area contributed by atoms with E-state index in [0.29, 0.717) is 12.2 Å². The third kappa shape index (κ3) is 4.22. The van der Waals surface area contributed by atoms with Crippen LogP contribution in [0.1, 0.15) is 26.2 Å². The smallest absolute Gasteiger partial charge is 0.326 e. The predicted molar refractivity (Wildman–Crippen MR) is 75.3 cm³/mol. The summed E-state index contributed by atoms with van der Waals surface area (Å²) in [5, 5.41) is 12.2. The molecule has 0 saturated carbocycles. The number of hydrogen-bond donors (Lipinski definition) is 2. The van der Waals surface area contributed by atoms with Crippen LogP contribution in [0.2, 0.25) is 0 Å². The van der Waals surface area contributed by atoms with Crippen molar-refractivity contribution in [3.63, 3.8) is 0 Å². The van der Waals surface area contributed by atoms with Crippen molar-refractivity contribution in [3.05, 3.63) is 22.7 Å². The molecular formula is C13H18BrNO3. The summed E-state index contributed by atoms with van der Waals surface area (Å²) in [4.78, 5) is 11.1. The summed E-state index contributed by atoms with van der Waals surface area (Å²) in [6, 6.07) is 4.89. The summed E-state index contributed by atoms with van der Waals surface area (Å²) in [5.41, 5.74) is 0.749. The van der Waals surface area contributed by atoms with Gasteiger partial charge < -0.3 is 15.2 Å². The number of carboxylic acid groups (broad SMARTS) is 1. The minimum Gasteiger partial charge on any atom is -0.495 e. The largest absolute Gasteiger partial charge is 0.495 e. The van der Waals surface area contributed by atoms with E-state index >= 15 is 0 Å². The fourth-order valence-corrected chi connectivity index (χ4v) is 2.02. The highest BCUT2D eigenvalue weighted by molar-refractivity contribution is 9.10. The van der Waals surface area contributed by atoms with E-state index in [-0.39, 0.29) is 0 Å². The monoisotopic (exact) mass is 315 g/mol. The Labute approximate surface area is 115 Å². The lowest BCUT2D eigenvalue weighted by atomic mass is 10.1. The molecule has 1 aromatic carbocycles. The molecule has 0 heterocycles. The van der Waals surface area contributed by atoms with Crippen molar-refractivity contribution in [2.75, 3.05) is 12.4 Å². The van der Waals surface area contributed by atoms with Gasteiger partial charge in [-0.25, -0.2) is 4.79 Å². The van der Waals surface area contributed by atoms with E-state index in [1.54, 1.807) is 13.2 Å². The highest BCUT2D eigenvalue weighted by Crippen LogP contribution is 2.28. The Balaban J connectivity index is 2.77. The maximum absolute atomic E-state index is 11.1. The van der Waals surface area contributed by atoms with Gasteiger partial charge in [0, 0.05) is 11.8 Å². The van der Waals surface area contributed by atoms with Crippen molar-refractivity contribution >= 4 is 27.6 Å². The number of ether oxygens (including phenoxy) is 1. The van der Waals surface area contributed by atoms with E-state index in [1.165, 1.54) is 0 Å². The van der Waals surface area contributed by atoms with Crippen LogP contribution in [-0.4, -0.2) is 24.2 Å². The van der Waals surface area contributed by atoms with Crippen LogP contribution in [0, 0.1) is 0 Å². The van der Waals surface area contributed by atoms with E-state index in [0.717, 1.165) is 23.0 Å². The Bertz CT molecular complexity index is 409. The second-order valence-corrected chi connectivity index (χ2v) is 4.88. The zero-order valence-corrected chi connectivity index (χ0v) is 12.2. The highest BCUT2D eigenvalue weighted by atomic mass is 79.9. The minimum atomic E-state index is -0.828. The zero-order valence-electron chi connectivity index (χ0n) is 10.6. The van der Waals surface area contributed by atoms with Gasteiger partial charge in [-0.1, -0.05) is 19.8 Å². The van der Waals surface area contributed by atoms with E-state index < -0.39 is 12.0 Å². The van der Waals surface area contributed by atoms with Gasteiger partial charge in [0.2, 0.25) is 0 Å². The lowest BCUT2D eigenvalue weighted by Crippen LogP contribution is -2.29. The second kappa shape index (κ2) is 7.26. The number of rotatable bonds is 7. The predicted octanol–water partition coefficient (Wildman–Crippen LogP) is 3.51. The van der Waals surface area contributed by atoms with Crippen LogP contribution >= 0.6 is 15.9 Å². The quantitative estimate of drug-likeness (QED) is 0.808. The highest BCUT2D eigenvalue weighted by Gasteiger charge is 2.16. The van der Waals surface area contributed by atoms with Crippen LogP contribution in [0.3, 0.4) is 0 Å². The SMILES string of the molecule is CCCCC(Nc1ccc(Br)c(OC)c1)C(=O)O. The average Bonchev–Trinajstić information content (AvgIpc) is 2.36. The third-order valence-electron chi connectivity index (χ3n) is 2.64. The van der Waals surface area contributed by atoms with E-state index in [4.69, 9.17) is 9.84 Å². The van der Waals surface area contributed by atoms with Crippen molar-refractivity contribution in [3.8, 4) is 5.75 Å². The number of nitrogens with one attached hydrogen (secondary N) is 1. The maximum Gasteiger partial charge on any atom is 0.326 e. The molecule has 0 saturated heterocycles. The number of methoxy groups -OCH3 is 1. The number of carbonyl (C=O) groups is 1. The van der Waals surface area contributed by atoms with E-state index in [9.17, 15) is 4.79 Å². The average molecular weight is 316 g/mol. The molecule has 0 amide bonds. The Morgan fingerprint density at radius 3 is 2.83 bits per heavy atom. The number of hydrogen-bond acceptors (Lipinski definition) is 3. The van der Waals surface area contributed by atoms with Gasteiger partial charge in [-0.2, -0.15) is 0 Å². The second-order valence-electron chi connectivity index (χ2n) is 4.03. The normalized spacial score (nSPS) is 11.9. The molecule has 1 aromatic rings. The fourth-order valence-electron chi connectivity index (χ4n) is 1.62. The Kier molecular flexibility index (Phi) is 5.98. The van der Waals surface area contributed by atoms with Crippen LogP contribution < -0.4 is 10.1 Å². The molecule has 1 rings (SSSR count). The van der Waals surface area contributed by atoms with Gasteiger partial charge in [-0.3, -0.25) is 0 Å². The third-order valence-corrected chi connectivity index (χ3v) is 3.29. The summed E-state index contributed by atoms with van der Waals surface area (Å²) in [7, 11) is 1.58. The van der Waals surface area contributed by atoms with Crippen molar-refractivity contribution < 1.29 is 14.6 Å². The summed E-state index contributed by atoms with van der Waals surface area (Å²) >= 11 is 3.36. The van der Waals surface area contributed by atoms with Crippen molar-refractivity contribution in [2.24, 2.45) is 0 Å². The first-order valence-corrected chi connectivity index (χ1v) is 6.70. The molecule has 0 spiro atoms. The first-order valence-electron chi connectivity index (χ1n) is 5.91. The van der Waals surface area contributed by atoms with Gasteiger partial charge in [-0.15, -0.1) is 0 Å². The minimum absolute atomic E-state index is 0.559. The summed E-state index contributed by atoms with van der Waals surface area (Å²) < 4.78 is 6.02. The summed E-state index contributed by atoms with van der Waals surface area (Å²) in [5.74, 6) is -0.148. The fraction of sp³-hybridized carbons (Fsp3) is 0.462. The molecule has 0 fully saturated rings. The molecule has 2 N–H and O–H groups in total. The summed E-state index contributed by atoms with van der Waals surface area (Å²) in [6.07, 6.45) is 2.48. The van der Waals surface area contributed by atoms with Crippen LogP contribution in [-0.2, 0) is 4.79 Å². The number of aliphatic carboxylic acids is 1. The molecule has 100 valence electrons.